The highest BCUT2D eigenvalue weighted by molar-refractivity contribution is 9.10. The van der Waals surface area contributed by atoms with E-state index in [2.05, 4.69) is 45.1 Å². The molecule has 1 aromatic heterocycles. The molecule has 1 N–H and O–H groups in total. The molecule has 2 heterocycles. The van der Waals surface area contributed by atoms with Gasteiger partial charge in [0.15, 0.2) is 0 Å². The second-order valence-electron chi connectivity index (χ2n) is 5.16. The number of aliphatic hydroxyl groups is 1. The molecule has 4 nitrogen and oxygen atoms in total. The number of halogens is 1. The molecule has 0 radical (unpaired) electrons. The first-order valence-electron chi connectivity index (χ1n) is 6.85. The van der Waals surface area contributed by atoms with Crippen LogP contribution in [0.3, 0.4) is 0 Å². The van der Waals surface area contributed by atoms with Gasteiger partial charge in [-0.25, -0.2) is 0 Å². The van der Waals surface area contributed by atoms with Gasteiger partial charge in [-0.2, -0.15) is 5.10 Å². The van der Waals surface area contributed by atoms with E-state index in [1.807, 2.05) is 17.7 Å². The van der Waals surface area contributed by atoms with Gasteiger partial charge in [-0.3, -0.25) is 4.68 Å². The fourth-order valence-electron chi connectivity index (χ4n) is 2.81. The van der Waals surface area contributed by atoms with E-state index in [1.165, 1.54) is 11.3 Å². The van der Waals surface area contributed by atoms with E-state index in [4.69, 9.17) is 0 Å². The van der Waals surface area contributed by atoms with Crippen LogP contribution < -0.4 is 4.90 Å². The van der Waals surface area contributed by atoms with E-state index < -0.39 is 6.10 Å². The van der Waals surface area contributed by atoms with Crippen LogP contribution in [0.1, 0.15) is 29.8 Å². The van der Waals surface area contributed by atoms with Gasteiger partial charge in [0.25, 0.3) is 0 Å². The molecular formula is C15H18BrN3O. The van der Waals surface area contributed by atoms with Gasteiger partial charge in [-0.15, -0.1) is 0 Å². The molecule has 0 saturated carbocycles. The number of aliphatic hydroxyl groups excluding tert-OH is 1. The lowest BCUT2D eigenvalue weighted by Crippen LogP contribution is -2.12. The van der Waals surface area contributed by atoms with Gasteiger partial charge < -0.3 is 10.0 Å². The smallest absolute Gasteiger partial charge is 0.122 e. The van der Waals surface area contributed by atoms with Crippen molar-refractivity contribution in [2.24, 2.45) is 0 Å². The average Bonchev–Trinajstić information content (AvgIpc) is 3.01. The van der Waals surface area contributed by atoms with E-state index in [0.717, 1.165) is 35.2 Å². The lowest BCUT2D eigenvalue weighted by Gasteiger charge is -2.16. The highest BCUT2D eigenvalue weighted by atomic mass is 79.9. The number of anilines is 1. The summed E-state index contributed by atoms with van der Waals surface area (Å²) < 4.78 is 2.68. The molecule has 1 aliphatic heterocycles. The van der Waals surface area contributed by atoms with Gasteiger partial charge >= 0.3 is 0 Å². The molecule has 20 heavy (non-hydrogen) atoms. The Labute approximate surface area is 127 Å². The summed E-state index contributed by atoms with van der Waals surface area (Å²) in [5, 5.41) is 14.9. The molecular weight excluding hydrogens is 318 g/mol. The van der Waals surface area contributed by atoms with E-state index >= 15 is 0 Å². The number of rotatable bonds is 3. The van der Waals surface area contributed by atoms with Crippen molar-refractivity contribution >= 4 is 21.6 Å². The Morgan fingerprint density at radius 1 is 1.45 bits per heavy atom. The molecule has 3 rings (SSSR count). The van der Waals surface area contributed by atoms with Gasteiger partial charge in [0, 0.05) is 25.8 Å². The predicted octanol–water partition coefficient (Wildman–Crippen LogP) is 2.74. The molecule has 106 valence electrons. The van der Waals surface area contributed by atoms with Crippen LogP contribution in [-0.4, -0.2) is 28.5 Å². The molecule has 1 aliphatic rings. The minimum atomic E-state index is -0.650. The Kier molecular flexibility index (Phi) is 3.56. The van der Waals surface area contributed by atoms with E-state index in [-0.39, 0.29) is 0 Å². The van der Waals surface area contributed by atoms with Crippen molar-refractivity contribution in [3.63, 3.8) is 0 Å². The Morgan fingerprint density at radius 3 is 3.00 bits per heavy atom. The van der Waals surface area contributed by atoms with Gasteiger partial charge in [0.05, 0.1) is 16.4 Å². The lowest BCUT2D eigenvalue weighted by molar-refractivity contribution is 0.207. The number of aromatic nitrogens is 2. The standard InChI is InChI=1S/C15H18BrN3O/c1-3-19-14(12(16)9-17-19)15(20)11-4-5-13-10(8-11)6-7-18(13)2/h4-5,8-9,15,20H,3,6-7H2,1-2H3. The summed E-state index contributed by atoms with van der Waals surface area (Å²) in [7, 11) is 2.10. The Morgan fingerprint density at radius 2 is 2.25 bits per heavy atom. The second-order valence-corrected chi connectivity index (χ2v) is 6.01. The van der Waals surface area contributed by atoms with E-state index in [1.54, 1.807) is 6.20 Å². The molecule has 1 atom stereocenters. The number of nitrogens with zero attached hydrogens (tertiary/aromatic N) is 3. The number of aryl methyl sites for hydroxylation is 1. The van der Waals surface area contributed by atoms with E-state index in [9.17, 15) is 5.11 Å². The molecule has 0 aliphatic carbocycles. The van der Waals surface area contributed by atoms with E-state index in [0.29, 0.717) is 0 Å². The number of fused-ring (bicyclic) bond motifs is 1. The monoisotopic (exact) mass is 335 g/mol. The number of likely N-dealkylation sites (N-methyl/N-ethyl adjacent to an activating group) is 1. The number of hydrogen-bond donors (Lipinski definition) is 1. The van der Waals surface area contributed by atoms with Gasteiger partial charge in [-0.1, -0.05) is 12.1 Å². The van der Waals surface area contributed by atoms with Gasteiger partial charge in [0.2, 0.25) is 0 Å². The van der Waals surface area contributed by atoms with Crippen molar-refractivity contribution in [3.8, 4) is 0 Å². The summed E-state index contributed by atoms with van der Waals surface area (Å²) in [5.74, 6) is 0. The van der Waals surface area contributed by atoms with Crippen molar-refractivity contribution < 1.29 is 5.11 Å². The molecule has 0 amide bonds. The zero-order valence-corrected chi connectivity index (χ0v) is 13.3. The molecule has 0 fully saturated rings. The summed E-state index contributed by atoms with van der Waals surface area (Å²) >= 11 is 3.48. The highest BCUT2D eigenvalue weighted by Gasteiger charge is 2.22. The summed E-state index contributed by atoms with van der Waals surface area (Å²) in [6.07, 6.45) is 2.13. The van der Waals surface area contributed by atoms with Crippen LogP contribution in [0, 0.1) is 0 Å². The number of hydrogen-bond acceptors (Lipinski definition) is 3. The Hall–Kier alpha value is -1.33. The van der Waals surface area contributed by atoms with Crippen LogP contribution in [0.4, 0.5) is 5.69 Å². The highest BCUT2D eigenvalue weighted by Crippen LogP contribution is 2.33. The largest absolute Gasteiger partial charge is 0.382 e. The normalized spacial score (nSPS) is 15.5. The van der Waals surface area contributed by atoms with Crippen molar-refractivity contribution in [2.45, 2.75) is 26.0 Å². The third-order valence-electron chi connectivity index (χ3n) is 3.94. The summed E-state index contributed by atoms with van der Waals surface area (Å²) in [5.41, 5.74) is 4.32. The predicted molar refractivity (Wildman–Crippen MR) is 83.1 cm³/mol. The molecule has 1 aromatic carbocycles. The summed E-state index contributed by atoms with van der Waals surface area (Å²) in [6.45, 7) is 3.81. The molecule has 0 spiro atoms. The zero-order chi connectivity index (χ0) is 14.3. The first kappa shape index (κ1) is 13.6. The zero-order valence-electron chi connectivity index (χ0n) is 11.7. The minimum Gasteiger partial charge on any atom is -0.382 e. The molecule has 2 aromatic rings. The number of benzene rings is 1. The Bertz CT molecular complexity index is 638. The van der Waals surface area contributed by atoms with Crippen molar-refractivity contribution in [2.75, 3.05) is 18.5 Å². The van der Waals surface area contributed by atoms with Crippen LogP contribution in [0.5, 0.6) is 0 Å². The molecule has 0 bridgehead atoms. The van der Waals surface area contributed by atoms with Crippen LogP contribution in [0.2, 0.25) is 0 Å². The van der Waals surface area contributed by atoms with Gasteiger partial charge in [-0.05, 0) is 46.5 Å². The first-order valence-corrected chi connectivity index (χ1v) is 7.64. The Balaban J connectivity index is 1.99. The second kappa shape index (κ2) is 5.22. The van der Waals surface area contributed by atoms with Crippen LogP contribution in [0.25, 0.3) is 0 Å². The summed E-state index contributed by atoms with van der Waals surface area (Å²) in [4.78, 5) is 2.25. The van der Waals surface area contributed by atoms with Crippen LogP contribution in [-0.2, 0) is 13.0 Å². The lowest BCUT2D eigenvalue weighted by atomic mass is 10.0. The minimum absolute atomic E-state index is 0.650. The average molecular weight is 336 g/mol. The molecule has 1 unspecified atom stereocenters. The van der Waals surface area contributed by atoms with Crippen LogP contribution >= 0.6 is 15.9 Å². The maximum absolute atomic E-state index is 10.7. The topological polar surface area (TPSA) is 41.3 Å². The van der Waals surface area contributed by atoms with Crippen molar-refractivity contribution in [1.29, 1.82) is 0 Å². The fraction of sp³-hybridized carbons (Fsp3) is 0.400. The first-order chi connectivity index (χ1) is 9.61. The SMILES string of the molecule is CCn1ncc(Br)c1C(O)c1ccc2c(c1)CCN2C. The molecule has 5 heteroatoms. The van der Waals surface area contributed by atoms with Gasteiger partial charge in [0.1, 0.15) is 6.10 Å². The quantitative estimate of drug-likeness (QED) is 0.937. The molecule has 0 saturated heterocycles. The third kappa shape index (κ3) is 2.15. The van der Waals surface area contributed by atoms with Crippen LogP contribution in [0.15, 0.2) is 28.9 Å². The van der Waals surface area contributed by atoms with Crippen molar-refractivity contribution in [3.05, 3.63) is 45.7 Å². The van der Waals surface area contributed by atoms with Crippen molar-refractivity contribution in [1.82, 2.24) is 9.78 Å². The maximum atomic E-state index is 10.7. The fourth-order valence-corrected chi connectivity index (χ4v) is 3.32. The maximum Gasteiger partial charge on any atom is 0.122 e. The third-order valence-corrected chi connectivity index (χ3v) is 4.55. The summed E-state index contributed by atoms with van der Waals surface area (Å²) in [6, 6.07) is 6.22.